The van der Waals surface area contributed by atoms with E-state index in [2.05, 4.69) is 0 Å². The van der Waals surface area contributed by atoms with Crippen LogP contribution in [0.2, 0.25) is 0 Å². The lowest BCUT2D eigenvalue weighted by Gasteiger charge is -2.33. The van der Waals surface area contributed by atoms with Crippen LogP contribution in [0.3, 0.4) is 0 Å². The Kier molecular flexibility index (Phi) is 4.64. The molecule has 0 aliphatic rings. The zero-order valence-electron chi connectivity index (χ0n) is 12.0. The van der Waals surface area contributed by atoms with Crippen molar-refractivity contribution in [2.75, 3.05) is 0 Å². The summed E-state index contributed by atoms with van der Waals surface area (Å²) in [6, 6.07) is 0.423. The van der Waals surface area contributed by atoms with E-state index >= 15 is 0 Å². The SMILES string of the molecule is CC(C)CC(c1c(F)cc(F)c(F)c1F)C(C)(C)C. The molecule has 1 aromatic rings. The van der Waals surface area contributed by atoms with Crippen LogP contribution < -0.4 is 0 Å². The summed E-state index contributed by atoms with van der Waals surface area (Å²) in [5, 5.41) is 0. The van der Waals surface area contributed by atoms with Crippen molar-refractivity contribution in [3.63, 3.8) is 0 Å². The fraction of sp³-hybridized carbons (Fsp3) is 0.600. The van der Waals surface area contributed by atoms with E-state index in [1.807, 2.05) is 34.6 Å². The van der Waals surface area contributed by atoms with Crippen LogP contribution in [0.4, 0.5) is 17.6 Å². The van der Waals surface area contributed by atoms with Gasteiger partial charge in [0.15, 0.2) is 17.5 Å². The van der Waals surface area contributed by atoms with E-state index in [4.69, 9.17) is 0 Å². The molecule has 1 rings (SSSR count). The van der Waals surface area contributed by atoms with Gasteiger partial charge in [0.2, 0.25) is 0 Å². The molecule has 0 heterocycles. The first-order valence-corrected chi connectivity index (χ1v) is 6.38. The summed E-state index contributed by atoms with van der Waals surface area (Å²) in [5.74, 6) is -5.83. The maximum Gasteiger partial charge on any atom is 0.194 e. The molecular formula is C15H20F4. The number of halogens is 4. The average Bonchev–Trinajstić information content (AvgIpc) is 2.23. The molecule has 0 aromatic heterocycles. The Morgan fingerprint density at radius 3 is 1.89 bits per heavy atom. The molecule has 4 heteroatoms. The third kappa shape index (κ3) is 3.48. The van der Waals surface area contributed by atoms with Crippen molar-refractivity contribution in [1.82, 2.24) is 0 Å². The van der Waals surface area contributed by atoms with Crippen LogP contribution in [0.25, 0.3) is 0 Å². The van der Waals surface area contributed by atoms with Gasteiger partial charge in [-0.1, -0.05) is 34.6 Å². The van der Waals surface area contributed by atoms with Gasteiger partial charge in [0.05, 0.1) is 0 Å². The predicted molar refractivity (Wildman–Crippen MR) is 67.9 cm³/mol. The molecule has 0 saturated carbocycles. The minimum atomic E-state index is -1.60. The second-order valence-corrected chi connectivity index (χ2v) is 6.43. The van der Waals surface area contributed by atoms with Crippen molar-refractivity contribution in [2.45, 2.75) is 47.0 Å². The van der Waals surface area contributed by atoms with Crippen LogP contribution in [0.15, 0.2) is 6.07 Å². The summed E-state index contributed by atoms with van der Waals surface area (Å²) in [5.41, 5.74) is -0.795. The van der Waals surface area contributed by atoms with E-state index in [9.17, 15) is 17.6 Å². The largest absolute Gasteiger partial charge is 0.206 e. The Balaban J connectivity index is 3.43. The normalized spacial score (nSPS) is 14.0. The highest BCUT2D eigenvalue weighted by atomic mass is 19.2. The van der Waals surface area contributed by atoms with E-state index in [-0.39, 0.29) is 11.5 Å². The van der Waals surface area contributed by atoms with Crippen molar-refractivity contribution in [3.05, 3.63) is 34.9 Å². The Morgan fingerprint density at radius 1 is 0.947 bits per heavy atom. The van der Waals surface area contributed by atoms with Crippen LogP contribution in [0, 0.1) is 34.6 Å². The number of rotatable bonds is 3. The van der Waals surface area contributed by atoms with Gasteiger partial charge < -0.3 is 0 Å². The first-order chi connectivity index (χ1) is 8.55. The van der Waals surface area contributed by atoms with Crippen molar-refractivity contribution in [3.8, 4) is 0 Å². The second-order valence-electron chi connectivity index (χ2n) is 6.43. The van der Waals surface area contributed by atoms with Crippen LogP contribution in [0.1, 0.15) is 52.5 Å². The molecule has 108 valence electrons. The molecule has 0 saturated heterocycles. The Bertz CT molecular complexity index is 458. The van der Waals surface area contributed by atoms with Gasteiger partial charge in [0.25, 0.3) is 0 Å². The molecule has 0 fully saturated rings. The number of hydrogen-bond acceptors (Lipinski definition) is 0. The Morgan fingerprint density at radius 2 is 1.47 bits per heavy atom. The van der Waals surface area contributed by atoms with Gasteiger partial charge in [-0.05, 0) is 23.7 Å². The zero-order chi connectivity index (χ0) is 15.0. The standard InChI is InChI=1S/C15H20F4/c1-8(2)6-9(15(3,4)5)12-10(16)7-11(17)13(18)14(12)19/h7-9H,6H2,1-5H3. The van der Waals surface area contributed by atoms with Crippen molar-refractivity contribution in [2.24, 2.45) is 11.3 Å². The molecule has 1 unspecified atom stereocenters. The monoisotopic (exact) mass is 276 g/mol. The summed E-state index contributed by atoms with van der Waals surface area (Å²) in [4.78, 5) is 0. The van der Waals surface area contributed by atoms with Crippen LogP contribution in [0.5, 0.6) is 0 Å². The van der Waals surface area contributed by atoms with Crippen molar-refractivity contribution in [1.29, 1.82) is 0 Å². The highest BCUT2D eigenvalue weighted by Gasteiger charge is 2.33. The van der Waals surface area contributed by atoms with Crippen LogP contribution >= 0.6 is 0 Å². The van der Waals surface area contributed by atoms with E-state index in [0.717, 1.165) is 0 Å². The maximum absolute atomic E-state index is 13.9. The molecule has 19 heavy (non-hydrogen) atoms. The molecule has 0 amide bonds. The topological polar surface area (TPSA) is 0 Å². The zero-order valence-corrected chi connectivity index (χ0v) is 12.0. The summed E-state index contributed by atoms with van der Waals surface area (Å²) in [7, 11) is 0. The van der Waals surface area contributed by atoms with E-state index in [1.165, 1.54) is 0 Å². The van der Waals surface area contributed by atoms with Crippen LogP contribution in [-0.2, 0) is 0 Å². The van der Waals surface area contributed by atoms with Gasteiger partial charge in [-0.25, -0.2) is 17.6 Å². The fourth-order valence-electron chi connectivity index (χ4n) is 2.28. The lowest BCUT2D eigenvalue weighted by Crippen LogP contribution is -2.23. The average molecular weight is 276 g/mol. The molecule has 0 bridgehead atoms. The molecule has 0 nitrogen and oxygen atoms in total. The van der Waals surface area contributed by atoms with Gasteiger partial charge in [-0.3, -0.25) is 0 Å². The van der Waals surface area contributed by atoms with Gasteiger partial charge in [0, 0.05) is 11.6 Å². The Labute approximate surface area is 111 Å². The first-order valence-electron chi connectivity index (χ1n) is 6.38. The van der Waals surface area contributed by atoms with Gasteiger partial charge in [0.1, 0.15) is 5.82 Å². The van der Waals surface area contributed by atoms with Crippen molar-refractivity contribution < 1.29 is 17.6 Å². The van der Waals surface area contributed by atoms with E-state index in [1.54, 1.807) is 0 Å². The predicted octanol–water partition coefficient (Wildman–Crippen LogP) is 5.42. The lowest BCUT2D eigenvalue weighted by molar-refractivity contribution is 0.262. The Hall–Kier alpha value is -1.06. The third-order valence-electron chi connectivity index (χ3n) is 3.25. The molecule has 1 atom stereocenters. The lowest BCUT2D eigenvalue weighted by atomic mass is 9.72. The second kappa shape index (κ2) is 5.51. The molecule has 0 radical (unpaired) electrons. The highest BCUT2D eigenvalue weighted by molar-refractivity contribution is 5.27. The minimum absolute atomic E-state index is 0.191. The molecule has 0 aliphatic carbocycles. The van der Waals surface area contributed by atoms with E-state index < -0.39 is 34.6 Å². The summed E-state index contributed by atoms with van der Waals surface area (Å²) < 4.78 is 54.1. The molecular weight excluding hydrogens is 256 g/mol. The van der Waals surface area contributed by atoms with Crippen molar-refractivity contribution >= 4 is 0 Å². The van der Waals surface area contributed by atoms with Gasteiger partial charge >= 0.3 is 0 Å². The summed E-state index contributed by atoms with van der Waals surface area (Å²) in [6.45, 7) is 9.35. The maximum atomic E-state index is 13.9. The fourth-order valence-corrected chi connectivity index (χ4v) is 2.28. The van der Waals surface area contributed by atoms with Gasteiger partial charge in [-0.15, -0.1) is 0 Å². The third-order valence-corrected chi connectivity index (χ3v) is 3.25. The quantitative estimate of drug-likeness (QED) is 0.393. The molecule has 0 spiro atoms. The van der Waals surface area contributed by atoms with Crippen LogP contribution in [-0.4, -0.2) is 0 Å². The smallest absolute Gasteiger partial charge is 0.194 e. The summed E-state index contributed by atoms with van der Waals surface area (Å²) >= 11 is 0. The van der Waals surface area contributed by atoms with Gasteiger partial charge in [-0.2, -0.15) is 0 Å². The molecule has 0 N–H and O–H groups in total. The molecule has 0 aliphatic heterocycles. The van der Waals surface area contributed by atoms with E-state index in [0.29, 0.717) is 12.5 Å². The minimum Gasteiger partial charge on any atom is -0.206 e. The highest BCUT2D eigenvalue weighted by Crippen LogP contribution is 2.42. The number of benzene rings is 1. The summed E-state index contributed by atoms with van der Waals surface area (Å²) in [6.07, 6.45) is 0.502. The first kappa shape index (κ1) is 16.0. The molecule has 1 aromatic carbocycles. The number of hydrogen-bond donors (Lipinski definition) is 0.